The van der Waals surface area contributed by atoms with Crippen molar-refractivity contribution in [1.29, 1.82) is 0 Å². The van der Waals surface area contributed by atoms with Gasteiger partial charge in [0.15, 0.2) is 19.6 Å². The average Bonchev–Trinajstić information content (AvgIpc) is 1.08. The molecule has 0 aromatic heterocycles. The summed E-state index contributed by atoms with van der Waals surface area (Å²) in [7, 11) is 0. The summed E-state index contributed by atoms with van der Waals surface area (Å²) in [5.41, 5.74) is 0. The van der Waals surface area contributed by atoms with Crippen molar-refractivity contribution in [2.75, 3.05) is 178 Å². The number of ether oxygens (including phenoxy) is 15. The third kappa shape index (κ3) is 66.0. The zero-order chi connectivity index (χ0) is 75.7. The fraction of sp³-hybridized carbons (Fsp3) is 0.800. The van der Waals surface area contributed by atoms with Crippen molar-refractivity contribution >= 4 is 275 Å². The molecule has 576 valence electrons. The third-order valence-electron chi connectivity index (χ3n) is 11.9. The maximum Gasteiger partial charge on any atom is 0.361 e. The molecular formula is C60H99I9N3O27+3. The van der Waals surface area contributed by atoms with E-state index in [1.165, 1.54) is 9.80 Å². The lowest BCUT2D eigenvalue weighted by Gasteiger charge is -2.20. The first-order valence-electron chi connectivity index (χ1n) is 31.6. The molecule has 39 heteroatoms. The second-order valence-electron chi connectivity index (χ2n) is 20.9. The van der Waals surface area contributed by atoms with E-state index in [0.29, 0.717) is 59.5 Å². The summed E-state index contributed by atoms with van der Waals surface area (Å²) in [5.74, 6) is -4.92. The Hall–Kier alpha value is -0.0300. The molecule has 0 saturated heterocycles. The highest BCUT2D eigenvalue weighted by atomic mass is 127. The van der Waals surface area contributed by atoms with Crippen molar-refractivity contribution in [1.82, 2.24) is 0 Å². The number of rotatable bonds is 54. The monoisotopic (exact) mass is 2440 g/mol. The summed E-state index contributed by atoms with van der Waals surface area (Å²) in [4.78, 5) is 142. The lowest BCUT2D eigenvalue weighted by molar-refractivity contribution is -0.901. The van der Waals surface area contributed by atoms with Gasteiger partial charge in [0.05, 0.1) is 79.1 Å². The van der Waals surface area contributed by atoms with E-state index in [1.54, 1.807) is 62.3 Å². The van der Waals surface area contributed by atoms with Crippen LogP contribution in [0.4, 0.5) is 0 Å². The summed E-state index contributed by atoms with van der Waals surface area (Å²) in [6, 6.07) is 0. The molecule has 0 aromatic rings. The van der Waals surface area contributed by atoms with Gasteiger partial charge in [-0.1, -0.05) is 203 Å². The molecule has 99 heavy (non-hydrogen) atoms. The Morgan fingerprint density at radius 2 is 0.374 bits per heavy atom. The Morgan fingerprint density at radius 3 is 0.566 bits per heavy atom. The van der Waals surface area contributed by atoms with Crippen molar-refractivity contribution in [2.24, 2.45) is 0 Å². The van der Waals surface area contributed by atoms with E-state index in [0.717, 1.165) is 58.5 Å². The molecule has 0 heterocycles. The predicted octanol–water partition coefficient (Wildman–Crippen LogP) is 2.76. The van der Waals surface area contributed by atoms with Crippen LogP contribution >= 0.6 is 203 Å². The maximum absolute atomic E-state index is 12.2. The average molecular weight is 2440 g/mol. The van der Waals surface area contributed by atoms with Crippen molar-refractivity contribution in [3.05, 3.63) is 0 Å². The molecule has 3 N–H and O–H groups in total. The molecule has 0 amide bonds. The van der Waals surface area contributed by atoms with Crippen LogP contribution in [0.3, 0.4) is 0 Å². The van der Waals surface area contributed by atoms with Gasteiger partial charge in [-0.05, 0) is 62.3 Å². The van der Waals surface area contributed by atoms with E-state index in [2.05, 4.69) is 0 Å². The summed E-state index contributed by atoms with van der Waals surface area (Å²) < 4.78 is 75.4. The zero-order valence-electron chi connectivity index (χ0n) is 57.3. The van der Waals surface area contributed by atoms with Gasteiger partial charge in [-0.15, -0.1) is 0 Å². The second kappa shape index (κ2) is 67.3. The molecule has 0 radical (unpaired) electrons. The van der Waals surface area contributed by atoms with Crippen LogP contribution < -0.4 is 14.7 Å². The Morgan fingerprint density at radius 1 is 0.212 bits per heavy atom. The van der Waals surface area contributed by atoms with Crippen LogP contribution in [0.1, 0.15) is 81.6 Å². The van der Waals surface area contributed by atoms with E-state index in [-0.39, 0.29) is 155 Å². The van der Waals surface area contributed by atoms with Gasteiger partial charge in [0.25, 0.3) is 0 Å². The van der Waals surface area contributed by atoms with Crippen LogP contribution in [0, 0.1) is 0 Å². The molecule has 0 saturated carbocycles. The standard InChI is InChI=1S/C21H30I3NO12.C21H36I3NO9.C18H30I3NO6/c1-13(22)19(29)35-7-4-32-16(26)10-25(11-17(27)33-5-8-36-20(30)14(2)23)12-18(28)34-6-9-37-21(31)15(3)24;1-16(22)19(26)32-13-10-29-7-4-25(5-8-30-11-14-33-20(27)17(2)23)6-9-31-12-15-34-21(28)18(3)24;1-13(19)16(23)26-10-4-7-22(8-5-11-27-17(24)14(2)20)9-6-12-28-18(25)15(3)21/h13-15H,4-12H2,1-3H3;16-18H,4-15H2,1-3H3;13-15H,4-12H2,1-3H3/p+3. The van der Waals surface area contributed by atoms with Gasteiger partial charge >= 0.3 is 71.6 Å². The minimum atomic E-state index is -0.746. The summed E-state index contributed by atoms with van der Waals surface area (Å²) in [6.07, 6.45) is 2.29. The van der Waals surface area contributed by atoms with E-state index in [4.69, 9.17) is 71.1 Å². The van der Waals surface area contributed by atoms with Gasteiger partial charge in [-0.3, -0.25) is 43.2 Å². The van der Waals surface area contributed by atoms with Gasteiger partial charge in [-0.2, -0.15) is 0 Å². The van der Waals surface area contributed by atoms with Crippen molar-refractivity contribution < 1.29 is 143 Å². The fourth-order valence-corrected chi connectivity index (χ4v) is 8.29. The number of halogens is 9. The van der Waals surface area contributed by atoms with Gasteiger partial charge in [0, 0.05) is 19.3 Å². The third-order valence-corrected chi connectivity index (χ3v) is 16.4. The number of hydrogen-bond acceptors (Lipinski definition) is 27. The predicted molar refractivity (Wildman–Crippen MR) is 436 cm³/mol. The number of quaternary nitrogens is 3. The van der Waals surface area contributed by atoms with Crippen LogP contribution in [0.25, 0.3) is 0 Å². The smallest absolute Gasteiger partial charge is 0.361 e. The minimum absolute atomic E-state index is 0.138. The number of nitrogens with one attached hydrogen (secondary N) is 3. The van der Waals surface area contributed by atoms with Crippen LogP contribution in [-0.2, 0) is 129 Å². The van der Waals surface area contributed by atoms with E-state index in [1.807, 2.05) is 203 Å². The second-order valence-corrected chi connectivity index (χ2v) is 37.7. The Balaban J connectivity index is -0.00000141. The van der Waals surface area contributed by atoms with Gasteiger partial charge in [0.1, 0.15) is 114 Å². The first kappa shape index (κ1) is 103. The number of alkyl halides is 9. The van der Waals surface area contributed by atoms with Crippen LogP contribution in [0.15, 0.2) is 0 Å². The summed E-state index contributed by atoms with van der Waals surface area (Å²) in [5, 5.41) is 0. The highest BCUT2D eigenvalue weighted by Gasteiger charge is 2.26. The Bertz CT molecular complexity index is 2050. The summed E-state index contributed by atoms with van der Waals surface area (Å²) >= 11 is 17.8. The highest BCUT2D eigenvalue weighted by Crippen LogP contribution is 2.07. The van der Waals surface area contributed by atoms with Gasteiger partial charge in [-0.25, -0.2) is 14.4 Å². The van der Waals surface area contributed by atoms with E-state index < -0.39 is 35.8 Å². The molecule has 0 rings (SSSR count). The van der Waals surface area contributed by atoms with Gasteiger partial charge in [0.2, 0.25) is 0 Å². The van der Waals surface area contributed by atoms with E-state index in [9.17, 15) is 57.5 Å². The van der Waals surface area contributed by atoms with Crippen molar-refractivity contribution in [2.45, 2.75) is 117 Å². The molecule has 0 fully saturated rings. The number of esters is 12. The van der Waals surface area contributed by atoms with E-state index >= 15 is 0 Å². The lowest BCUT2D eigenvalue weighted by Crippen LogP contribution is -3.14. The zero-order valence-corrected chi connectivity index (χ0v) is 76.8. The van der Waals surface area contributed by atoms with Gasteiger partial charge < -0.3 is 85.8 Å². The quantitative estimate of drug-likeness (QED) is 0.0259. The van der Waals surface area contributed by atoms with Crippen LogP contribution in [0.5, 0.6) is 0 Å². The lowest BCUT2D eigenvalue weighted by atomic mass is 10.3. The summed E-state index contributed by atoms with van der Waals surface area (Å²) in [6.45, 7) is 22.7. The normalized spacial score (nSPS) is 14.5. The minimum Gasteiger partial charge on any atom is -0.465 e. The van der Waals surface area contributed by atoms with Crippen LogP contribution in [-0.4, -0.2) is 285 Å². The highest BCUT2D eigenvalue weighted by molar-refractivity contribution is 14.1. The molecule has 30 nitrogen and oxygen atoms in total. The SMILES string of the molecule is CC(I)C(=O)OCCC[NH+](CCCOC(=O)C(C)I)CCCOC(=O)C(C)I.CC(I)C(=O)OCCOC(=O)C[NH+](CC(=O)OCCOC(=O)C(C)I)CC(=O)OCCOC(=O)C(C)I.CC(I)C(=O)OCCOCC[NH+](CCOCCOC(=O)C(C)I)CCOCCOC(=O)C(C)I. The topological polar surface area (TPSA) is 357 Å². The fourth-order valence-electron chi connectivity index (χ4n) is 6.67. The molecule has 9 atom stereocenters. The molecule has 0 aliphatic carbocycles. The number of carbonyl (C=O) groups excluding carboxylic acids is 12. The number of hydrogen-bond donors (Lipinski definition) is 3. The Kier molecular flexibility index (Phi) is 70.1. The molecule has 0 aromatic carbocycles. The maximum atomic E-state index is 12.2. The van der Waals surface area contributed by atoms with Crippen molar-refractivity contribution in [3.8, 4) is 0 Å². The number of carbonyl (C=O) groups is 12. The molecule has 0 spiro atoms. The molecule has 9 unspecified atom stereocenters. The van der Waals surface area contributed by atoms with Crippen LogP contribution in [0.2, 0.25) is 0 Å². The molecule has 0 aliphatic rings. The Labute approximate surface area is 704 Å². The largest absolute Gasteiger partial charge is 0.465 e. The molecule has 0 aliphatic heterocycles. The molecule has 0 bridgehead atoms. The first-order chi connectivity index (χ1) is 46.6. The first-order valence-corrected chi connectivity index (χ1v) is 42.8. The molecular weight excluding hydrogens is 2340 g/mol. The van der Waals surface area contributed by atoms with Crippen molar-refractivity contribution in [3.63, 3.8) is 0 Å².